The maximum Gasteiger partial charge on any atom is 0.258 e. The Labute approximate surface area is 118 Å². The molecule has 4 aliphatic rings. The number of fused-ring (bicyclic) bond motifs is 5. The molecule has 1 saturated carbocycles. The van der Waals surface area contributed by atoms with E-state index in [1.165, 1.54) is 11.8 Å². The summed E-state index contributed by atoms with van der Waals surface area (Å²) in [5.41, 5.74) is 0. The number of imide groups is 1. The van der Waals surface area contributed by atoms with Gasteiger partial charge in [0.2, 0.25) is 0 Å². The first-order valence-corrected chi connectivity index (χ1v) is 7.54. The molecule has 0 aromatic carbocycles. The first kappa shape index (κ1) is 11.6. The number of amides is 3. The molecule has 0 spiro atoms. The maximum absolute atomic E-state index is 12.5. The van der Waals surface area contributed by atoms with Crippen molar-refractivity contribution in [3.05, 3.63) is 12.2 Å². The van der Waals surface area contributed by atoms with E-state index in [0.717, 1.165) is 16.4 Å². The van der Waals surface area contributed by atoms with Gasteiger partial charge in [0.05, 0.1) is 17.6 Å². The van der Waals surface area contributed by atoms with Gasteiger partial charge < -0.3 is 0 Å². The Balaban J connectivity index is 1.73. The van der Waals surface area contributed by atoms with E-state index in [1.54, 1.807) is 0 Å². The van der Waals surface area contributed by atoms with Gasteiger partial charge in [-0.3, -0.25) is 14.4 Å². The van der Waals surface area contributed by atoms with E-state index in [-0.39, 0.29) is 47.1 Å². The summed E-state index contributed by atoms with van der Waals surface area (Å²) in [5.74, 6) is -0.874. The van der Waals surface area contributed by atoms with Crippen molar-refractivity contribution in [1.29, 1.82) is 0 Å². The largest absolute Gasteiger partial charge is 0.272 e. The Morgan fingerprint density at radius 2 is 1.63 bits per heavy atom. The number of thiocarbonyl (C=S) groups is 1. The van der Waals surface area contributed by atoms with E-state index in [1.807, 2.05) is 12.2 Å². The van der Waals surface area contributed by atoms with E-state index in [4.69, 9.17) is 12.2 Å². The van der Waals surface area contributed by atoms with Crippen LogP contribution < -0.4 is 0 Å². The summed E-state index contributed by atoms with van der Waals surface area (Å²) in [4.78, 5) is 36.8. The van der Waals surface area contributed by atoms with Crippen LogP contribution in [0, 0.1) is 23.7 Å². The summed E-state index contributed by atoms with van der Waals surface area (Å²) < 4.78 is 0.298. The average Bonchev–Trinajstić information content (AvgIpc) is 3.10. The van der Waals surface area contributed by atoms with Crippen LogP contribution in [-0.2, 0) is 14.4 Å². The van der Waals surface area contributed by atoms with Crippen LogP contribution in [0.25, 0.3) is 0 Å². The molecule has 2 aliphatic carbocycles. The molecule has 98 valence electrons. The molecule has 2 aliphatic heterocycles. The highest BCUT2D eigenvalue weighted by atomic mass is 32.2. The molecule has 7 heteroatoms. The van der Waals surface area contributed by atoms with Crippen LogP contribution in [0.2, 0.25) is 0 Å². The lowest BCUT2D eigenvalue weighted by molar-refractivity contribution is -0.160. The molecule has 0 N–H and O–H groups in total. The summed E-state index contributed by atoms with van der Waals surface area (Å²) in [5, 5.41) is 2.11. The zero-order chi connectivity index (χ0) is 13.3. The van der Waals surface area contributed by atoms with Crippen LogP contribution >= 0.6 is 24.0 Å². The first-order valence-electron chi connectivity index (χ1n) is 6.15. The van der Waals surface area contributed by atoms with Gasteiger partial charge in [0.15, 0.2) is 4.32 Å². The molecule has 4 rings (SSSR count). The molecule has 2 saturated heterocycles. The smallest absolute Gasteiger partial charge is 0.258 e. The average molecular weight is 294 g/mol. The van der Waals surface area contributed by atoms with Crippen LogP contribution in [0.15, 0.2) is 12.2 Å². The lowest BCUT2D eigenvalue weighted by atomic mass is 9.85. The van der Waals surface area contributed by atoms with Gasteiger partial charge in [-0.2, -0.15) is 10.0 Å². The Kier molecular flexibility index (Phi) is 2.24. The second-order valence-corrected chi connectivity index (χ2v) is 6.86. The number of rotatable bonds is 1. The fourth-order valence-corrected chi connectivity index (χ4v) is 4.66. The van der Waals surface area contributed by atoms with Crippen molar-refractivity contribution in [2.75, 3.05) is 5.75 Å². The molecule has 2 bridgehead atoms. The third kappa shape index (κ3) is 1.32. The molecule has 0 radical (unpaired) electrons. The number of allylic oxidation sites excluding steroid dienone is 2. The number of carbonyl (C=O) groups is 3. The monoisotopic (exact) mass is 294 g/mol. The molecule has 2 heterocycles. The molecule has 0 aromatic heterocycles. The van der Waals surface area contributed by atoms with E-state index in [2.05, 4.69) is 0 Å². The number of thioether (sulfide) groups is 1. The van der Waals surface area contributed by atoms with Gasteiger partial charge in [-0.1, -0.05) is 36.1 Å². The maximum atomic E-state index is 12.5. The highest BCUT2D eigenvalue weighted by molar-refractivity contribution is 8.23. The number of nitrogens with zero attached hydrogens (tertiary/aromatic N) is 2. The summed E-state index contributed by atoms with van der Waals surface area (Å²) in [6, 6.07) is 0. The second kappa shape index (κ2) is 3.67. The third-order valence-electron chi connectivity index (χ3n) is 4.38. The predicted octanol–water partition coefficient (Wildman–Crippen LogP) is 0.569. The highest BCUT2D eigenvalue weighted by Gasteiger charge is 2.61. The summed E-state index contributed by atoms with van der Waals surface area (Å²) in [7, 11) is 0. The minimum absolute atomic E-state index is 0.148. The topological polar surface area (TPSA) is 57.7 Å². The summed E-state index contributed by atoms with van der Waals surface area (Å²) >= 11 is 6.27. The van der Waals surface area contributed by atoms with Gasteiger partial charge >= 0.3 is 0 Å². The molecule has 3 fully saturated rings. The number of hydrogen-bond acceptors (Lipinski definition) is 5. The van der Waals surface area contributed by atoms with Gasteiger partial charge in [-0.15, -0.1) is 0 Å². The van der Waals surface area contributed by atoms with Crippen LogP contribution in [0.1, 0.15) is 6.42 Å². The molecule has 0 unspecified atom stereocenters. The van der Waals surface area contributed by atoms with Crippen LogP contribution in [0.5, 0.6) is 0 Å². The van der Waals surface area contributed by atoms with Crippen LogP contribution in [-0.4, -0.2) is 37.8 Å². The second-order valence-electron chi connectivity index (χ2n) is 5.25. The molecule has 5 nitrogen and oxygen atoms in total. The van der Waals surface area contributed by atoms with E-state index >= 15 is 0 Å². The zero-order valence-electron chi connectivity index (χ0n) is 9.81. The van der Waals surface area contributed by atoms with Crippen molar-refractivity contribution in [3.8, 4) is 0 Å². The van der Waals surface area contributed by atoms with Gasteiger partial charge in [0, 0.05) is 0 Å². The van der Waals surface area contributed by atoms with Crippen molar-refractivity contribution >= 4 is 46.0 Å². The van der Waals surface area contributed by atoms with Crippen molar-refractivity contribution in [2.45, 2.75) is 6.42 Å². The Bertz CT molecular complexity index is 527. The van der Waals surface area contributed by atoms with Crippen molar-refractivity contribution in [2.24, 2.45) is 23.7 Å². The molecular formula is C12H10N2O3S2. The number of carbonyl (C=O) groups excluding carboxylic acids is 3. The Morgan fingerprint density at radius 3 is 2.11 bits per heavy atom. The first-order chi connectivity index (χ1) is 9.09. The molecule has 4 atom stereocenters. The van der Waals surface area contributed by atoms with Crippen molar-refractivity contribution < 1.29 is 14.4 Å². The van der Waals surface area contributed by atoms with Crippen LogP contribution in [0.3, 0.4) is 0 Å². The quantitative estimate of drug-likeness (QED) is 0.402. The standard InChI is InChI=1S/C12H10N2O3S2/c15-7-4-19-12(18)13(7)14-10(16)8-5-1-2-6(3-5)9(8)11(14)17/h1-2,5-6,8-9H,3-4H2/t5-,6-,8-,9-/m0/s1. The zero-order valence-corrected chi connectivity index (χ0v) is 11.4. The van der Waals surface area contributed by atoms with Gasteiger partial charge in [-0.05, 0) is 18.3 Å². The molecule has 19 heavy (non-hydrogen) atoms. The van der Waals surface area contributed by atoms with Crippen molar-refractivity contribution in [1.82, 2.24) is 10.0 Å². The fraction of sp³-hybridized carbons (Fsp3) is 0.500. The Morgan fingerprint density at radius 1 is 1.05 bits per heavy atom. The fourth-order valence-electron chi connectivity index (χ4n) is 3.62. The minimum Gasteiger partial charge on any atom is -0.272 e. The molecule has 3 amide bonds. The van der Waals surface area contributed by atoms with Gasteiger partial charge in [0.25, 0.3) is 17.7 Å². The highest BCUT2D eigenvalue weighted by Crippen LogP contribution is 2.53. The summed E-state index contributed by atoms with van der Waals surface area (Å²) in [6.07, 6.45) is 4.94. The lowest BCUT2D eigenvalue weighted by Crippen LogP contribution is -2.50. The van der Waals surface area contributed by atoms with Crippen LogP contribution in [0.4, 0.5) is 0 Å². The normalized spacial score (nSPS) is 40.0. The minimum atomic E-state index is -0.288. The Hall–Kier alpha value is -1.21. The van der Waals surface area contributed by atoms with Gasteiger partial charge in [-0.25, -0.2) is 0 Å². The SMILES string of the molecule is O=C1CSC(=S)N1N1C(=O)[C@@H]2[C@@H](C1=O)[C@H]1C=C[C@H]2C1. The molecule has 0 aromatic rings. The van der Waals surface area contributed by atoms with E-state index in [9.17, 15) is 14.4 Å². The van der Waals surface area contributed by atoms with Gasteiger partial charge in [0.1, 0.15) is 0 Å². The predicted molar refractivity (Wildman–Crippen MR) is 71.5 cm³/mol. The van der Waals surface area contributed by atoms with E-state index in [0.29, 0.717) is 4.32 Å². The lowest BCUT2D eigenvalue weighted by Gasteiger charge is -2.25. The number of hydrogen-bond donors (Lipinski definition) is 0. The third-order valence-corrected chi connectivity index (χ3v) is 5.71. The van der Waals surface area contributed by atoms with Crippen molar-refractivity contribution in [3.63, 3.8) is 0 Å². The molecular weight excluding hydrogens is 284 g/mol. The summed E-state index contributed by atoms with van der Waals surface area (Å²) in [6.45, 7) is 0. The number of hydrazine groups is 1. The van der Waals surface area contributed by atoms with E-state index < -0.39 is 0 Å².